The number of hydrogen-bond acceptors (Lipinski definition) is 3. The number of amides is 1. The smallest absolute Gasteiger partial charge is 0.234 e. The van der Waals surface area contributed by atoms with Crippen LogP contribution in [0.1, 0.15) is 48.3 Å². The van der Waals surface area contributed by atoms with Crippen LogP contribution in [-0.4, -0.2) is 12.5 Å². The quantitative estimate of drug-likeness (QED) is 0.861. The van der Waals surface area contributed by atoms with Gasteiger partial charge >= 0.3 is 0 Å². The molecule has 1 amide bonds. The second-order valence-corrected chi connectivity index (χ2v) is 6.19. The molecule has 4 heteroatoms. The highest BCUT2D eigenvalue weighted by molar-refractivity contribution is 5.77. The number of fused-ring (bicyclic) bond motifs is 1. The van der Waals surface area contributed by atoms with E-state index in [1.54, 1.807) is 6.26 Å². The molecule has 0 radical (unpaired) electrons. The second kappa shape index (κ2) is 7.47. The van der Waals surface area contributed by atoms with Crippen LogP contribution in [0, 0.1) is 0 Å². The van der Waals surface area contributed by atoms with E-state index in [2.05, 4.69) is 35.8 Å². The number of carbonyl (C=O) groups excluding carboxylic acids is 1. The Balaban J connectivity index is 1.48. The molecule has 0 spiro atoms. The summed E-state index contributed by atoms with van der Waals surface area (Å²) in [4.78, 5) is 11.9. The minimum Gasteiger partial charge on any atom is -0.467 e. The fourth-order valence-corrected chi connectivity index (χ4v) is 3.05. The molecule has 0 bridgehead atoms. The molecule has 1 atom stereocenters. The number of furan rings is 1. The van der Waals surface area contributed by atoms with E-state index in [4.69, 9.17) is 4.42 Å². The summed E-state index contributed by atoms with van der Waals surface area (Å²) in [5, 5.41) is 6.14. The van der Waals surface area contributed by atoms with Gasteiger partial charge in [-0.05, 0) is 61.4 Å². The molecule has 4 nitrogen and oxygen atoms in total. The van der Waals surface area contributed by atoms with Gasteiger partial charge in [0.15, 0.2) is 0 Å². The van der Waals surface area contributed by atoms with E-state index in [-0.39, 0.29) is 11.9 Å². The lowest BCUT2D eigenvalue weighted by atomic mass is 9.89. The first-order valence-electron chi connectivity index (χ1n) is 8.36. The summed E-state index contributed by atoms with van der Waals surface area (Å²) >= 11 is 0. The van der Waals surface area contributed by atoms with Gasteiger partial charge < -0.3 is 15.1 Å². The summed E-state index contributed by atoms with van der Waals surface area (Å²) in [5.74, 6) is 0.743. The van der Waals surface area contributed by atoms with Crippen molar-refractivity contribution in [1.82, 2.24) is 10.6 Å². The van der Waals surface area contributed by atoms with Gasteiger partial charge in [0.2, 0.25) is 5.91 Å². The molecule has 1 aliphatic rings. The first-order chi connectivity index (χ1) is 11.2. The summed E-state index contributed by atoms with van der Waals surface area (Å²) in [5.41, 5.74) is 4.22. The molecule has 0 saturated heterocycles. The molecule has 1 heterocycles. The Labute approximate surface area is 137 Å². The molecule has 0 aliphatic heterocycles. The number of hydrogen-bond donors (Lipinski definition) is 2. The topological polar surface area (TPSA) is 54.3 Å². The third kappa shape index (κ3) is 4.23. The van der Waals surface area contributed by atoms with E-state index in [9.17, 15) is 4.79 Å². The minimum atomic E-state index is -0.0220. The molecule has 1 aromatic carbocycles. The number of aryl methyl sites for hydroxylation is 2. The van der Waals surface area contributed by atoms with E-state index < -0.39 is 0 Å². The fraction of sp³-hybridized carbons (Fsp3) is 0.421. The van der Waals surface area contributed by atoms with Crippen LogP contribution in [-0.2, 0) is 24.2 Å². The monoisotopic (exact) mass is 312 g/mol. The van der Waals surface area contributed by atoms with Crippen molar-refractivity contribution < 1.29 is 9.21 Å². The minimum absolute atomic E-state index is 0.0220. The van der Waals surface area contributed by atoms with Crippen LogP contribution in [0.5, 0.6) is 0 Å². The molecule has 1 aromatic heterocycles. The van der Waals surface area contributed by atoms with Gasteiger partial charge in [-0.3, -0.25) is 4.79 Å². The molecule has 23 heavy (non-hydrogen) atoms. The normalized spacial score (nSPS) is 15.0. The van der Waals surface area contributed by atoms with E-state index in [0.717, 1.165) is 5.76 Å². The Bertz CT molecular complexity index is 649. The van der Waals surface area contributed by atoms with Crippen LogP contribution in [0.25, 0.3) is 0 Å². The Morgan fingerprint density at radius 3 is 2.83 bits per heavy atom. The van der Waals surface area contributed by atoms with Gasteiger partial charge in [0.1, 0.15) is 5.76 Å². The van der Waals surface area contributed by atoms with Crippen molar-refractivity contribution in [3.05, 3.63) is 59.0 Å². The van der Waals surface area contributed by atoms with Crippen molar-refractivity contribution in [1.29, 1.82) is 0 Å². The van der Waals surface area contributed by atoms with Gasteiger partial charge in [-0.15, -0.1) is 0 Å². The molecular formula is C19H24N2O2. The highest BCUT2D eigenvalue weighted by Gasteiger charge is 2.13. The van der Waals surface area contributed by atoms with Gasteiger partial charge in [-0.1, -0.05) is 18.2 Å². The number of benzene rings is 1. The molecule has 0 saturated carbocycles. The average molecular weight is 312 g/mol. The molecule has 3 rings (SSSR count). The number of rotatable bonds is 6. The third-order valence-electron chi connectivity index (χ3n) is 4.48. The van der Waals surface area contributed by atoms with Gasteiger partial charge in [0, 0.05) is 6.04 Å². The second-order valence-electron chi connectivity index (χ2n) is 6.19. The maximum absolute atomic E-state index is 11.9. The van der Waals surface area contributed by atoms with Crippen LogP contribution < -0.4 is 10.6 Å². The summed E-state index contributed by atoms with van der Waals surface area (Å²) in [6.45, 7) is 2.84. The van der Waals surface area contributed by atoms with Crippen LogP contribution >= 0.6 is 0 Å². The van der Waals surface area contributed by atoms with Crippen LogP contribution in [0.2, 0.25) is 0 Å². The standard InChI is InChI=1S/C19H24N2O2/c1-14(16-9-8-15-5-2-3-6-17(15)11-16)20-13-19(22)21-12-18-7-4-10-23-18/h4,7-11,14,20H,2-3,5-6,12-13H2,1H3,(H,21,22)/t14-/m1/s1. The number of nitrogens with one attached hydrogen (secondary N) is 2. The Morgan fingerprint density at radius 2 is 2.04 bits per heavy atom. The molecule has 0 unspecified atom stereocenters. The van der Waals surface area contributed by atoms with E-state index in [1.807, 2.05) is 12.1 Å². The highest BCUT2D eigenvalue weighted by Crippen LogP contribution is 2.24. The first kappa shape index (κ1) is 15.8. The van der Waals surface area contributed by atoms with E-state index in [1.165, 1.54) is 42.4 Å². The van der Waals surface area contributed by atoms with Crippen molar-refractivity contribution >= 4 is 5.91 Å². The molecule has 1 aliphatic carbocycles. The lowest BCUT2D eigenvalue weighted by Crippen LogP contribution is -2.34. The third-order valence-corrected chi connectivity index (χ3v) is 4.48. The molecular weight excluding hydrogens is 288 g/mol. The highest BCUT2D eigenvalue weighted by atomic mass is 16.3. The number of carbonyl (C=O) groups is 1. The Morgan fingerprint density at radius 1 is 1.22 bits per heavy atom. The van der Waals surface area contributed by atoms with Gasteiger partial charge in [-0.25, -0.2) is 0 Å². The molecule has 2 N–H and O–H groups in total. The lowest BCUT2D eigenvalue weighted by molar-refractivity contribution is -0.120. The van der Waals surface area contributed by atoms with Crippen LogP contribution in [0.15, 0.2) is 41.0 Å². The Kier molecular flexibility index (Phi) is 5.13. The summed E-state index contributed by atoms with van der Waals surface area (Å²) in [6, 6.07) is 10.6. The first-order valence-corrected chi connectivity index (χ1v) is 8.36. The van der Waals surface area contributed by atoms with Crippen LogP contribution in [0.3, 0.4) is 0 Å². The largest absolute Gasteiger partial charge is 0.467 e. The average Bonchev–Trinajstić information content (AvgIpc) is 3.11. The Hall–Kier alpha value is -2.07. The van der Waals surface area contributed by atoms with Gasteiger partial charge in [0.05, 0.1) is 19.4 Å². The van der Waals surface area contributed by atoms with E-state index >= 15 is 0 Å². The zero-order valence-corrected chi connectivity index (χ0v) is 13.6. The van der Waals surface area contributed by atoms with Gasteiger partial charge in [-0.2, -0.15) is 0 Å². The van der Waals surface area contributed by atoms with Crippen molar-refractivity contribution in [3.8, 4) is 0 Å². The van der Waals surface area contributed by atoms with Crippen molar-refractivity contribution in [2.45, 2.75) is 45.2 Å². The predicted octanol–water partition coefficient (Wildman–Crippen LogP) is 3.13. The fourth-order valence-electron chi connectivity index (χ4n) is 3.05. The van der Waals surface area contributed by atoms with Crippen molar-refractivity contribution in [2.75, 3.05) is 6.54 Å². The lowest BCUT2D eigenvalue weighted by Gasteiger charge is -2.20. The summed E-state index contributed by atoms with van der Waals surface area (Å²) < 4.78 is 5.20. The van der Waals surface area contributed by atoms with Crippen LogP contribution in [0.4, 0.5) is 0 Å². The zero-order valence-electron chi connectivity index (χ0n) is 13.6. The summed E-state index contributed by atoms with van der Waals surface area (Å²) in [6.07, 6.45) is 6.58. The predicted molar refractivity (Wildman–Crippen MR) is 90.1 cm³/mol. The van der Waals surface area contributed by atoms with Gasteiger partial charge in [0.25, 0.3) is 0 Å². The van der Waals surface area contributed by atoms with Crippen molar-refractivity contribution in [3.63, 3.8) is 0 Å². The molecule has 0 fully saturated rings. The maximum atomic E-state index is 11.9. The molecule has 122 valence electrons. The SMILES string of the molecule is C[C@@H](NCC(=O)NCc1ccco1)c1ccc2c(c1)CCCC2. The summed E-state index contributed by atoms with van der Waals surface area (Å²) in [7, 11) is 0. The molecule has 2 aromatic rings. The maximum Gasteiger partial charge on any atom is 0.234 e. The zero-order chi connectivity index (χ0) is 16.1. The van der Waals surface area contributed by atoms with Crippen molar-refractivity contribution in [2.24, 2.45) is 0 Å². The van der Waals surface area contributed by atoms with E-state index in [0.29, 0.717) is 13.1 Å².